The number of rotatable bonds is 2. The Morgan fingerprint density at radius 2 is 2.11 bits per heavy atom. The summed E-state index contributed by atoms with van der Waals surface area (Å²) in [5.74, 6) is -2.44. The zero-order valence-electron chi connectivity index (χ0n) is 10.0. The van der Waals surface area contributed by atoms with E-state index in [0.29, 0.717) is 13.2 Å². The molecule has 1 heterocycles. The van der Waals surface area contributed by atoms with Crippen LogP contribution in [0.3, 0.4) is 0 Å². The fourth-order valence-electron chi connectivity index (χ4n) is 1.95. The number of nitrogens with zero attached hydrogens (tertiary/aromatic N) is 1. The summed E-state index contributed by atoms with van der Waals surface area (Å²) in [6.45, 7) is 1.11. The number of amides is 1. The third kappa shape index (κ3) is 3.10. The van der Waals surface area contributed by atoms with E-state index < -0.39 is 23.1 Å². The number of carbonyl (C=O) groups is 1. The molecule has 1 atom stereocenters. The molecule has 1 aromatic carbocycles. The van der Waals surface area contributed by atoms with E-state index in [0.717, 1.165) is 12.1 Å². The van der Waals surface area contributed by atoms with Crippen molar-refractivity contribution in [3.05, 3.63) is 33.8 Å². The van der Waals surface area contributed by atoms with Gasteiger partial charge in [-0.3, -0.25) is 4.79 Å². The van der Waals surface area contributed by atoms with Gasteiger partial charge in [-0.2, -0.15) is 0 Å². The lowest BCUT2D eigenvalue weighted by Crippen LogP contribution is -2.48. The minimum Gasteiger partial charge on any atom is -0.373 e. The van der Waals surface area contributed by atoms with Crippen molar-refractivity contribution in [3.8, 4) is 0 Å². The third-order valence-electron chi connectivity index (χ3n) is 2.91. The molecule has 0 spiro atoms. The van der Waals surface area contributed by atoms with Crippen LogP contribution in [0.25, 0.3) is 0 Å². The highest BCUT2D eigenvalue weighted by atomic mass is 79.9. The molecule has 104 valence electrons. The molecule has 0 aliphatic carbocycles. The minimum absolute atomic E-state index is 0.240. The Kier molecular flexibility index (Phi) is 4.49. The first kappa shape index (κ1) is 14.4. The molecule has 19 heavy (non-hydrogen) atoms. The van der Waals surface area contributed by atoms with E-state index in [1.807, 2.05) is 0 Å². The highest BCUT2D eigenvalue weighted by Gasteiger charge is 2.28. The van der Waals surface area contributed by atoms with Gasteiger partial charge >= 0.3 is 0 Å². The van der Waals surface area contributed by atoms with E-state index in [-0.39, 0.29) is 23.7 Å². The lowest BCUT2D eigenvalue weighted by molar-refractivity contribution is -0.0170. The highest BCUT2D eigenvalue weighted by molar-refractivity contribution is 9.10. The number of morpholine rings is 1. The number of benzene rings is 1. The van der Waals surface area contributed by atoms with Crippen LogP contribution in [0.5, 0.6) is 0 Å². The van der Waals surface area contributed by atoms with E-state index in [2.05, 4.69) is 15.9 Å². The van der Waals surface area contributed by atoms with Gasteiger partial charge in [0.15, 0.2) is 0 Å². The fourth-order valence-corrected chi connectivity index (χ4v) is 2.35. The van der Waals surface area contributed by atoms with Gasteiger partial charge in [0, 0.05) is 24.1 Å². The van der Waals surface area contributed by atoms with Crippen LogP contribution >= 0.6 is 15.9 Å². The molecular weight excluding hydrogens is 322 g/mol. The monoisotopic (exact) mass is 334 g/mol. The van der Waals surface area contributed by atoms with Crippen molar-refractivity contribution < 1.29 is 18.3 Å². The SMILES string of the molecule is NCC1CN(C(=O)c2c(F)cc(Br)cc2F)CCO1. The Hall–Kier alpha value is -1.05. The van der Waals surface area contributed by atoms with Gasteiger partial charge in [-0.1, -0.05) is 15.9 Å². The molecular formula is C12H13BrF2N2O2. The number of halogens is 3. The maximum atomic E-state index is 13.7. The molecule has 1 aromatic rings. The zero-order valence-corrected chi connectivity index (χ0v) is 11.6. The lowest BCUT2D eigenvalue weighted by atomic mass is 10.1. The second-order valence-corrected chi connectivity index (χ2v) is 5.14. The summed E-state index contributed by atoms with van der Waals surface area (Å²) < 4.78 is 33.0. The maximum absolute atomic E-state index is 13.7. The van der Waals surface area contributed by atoms with Crippen LogP contribution in [0.15, 0.2) is 16.6 Å². The molecule has 0 saturated carbocycles. The molecule has 7 heteroatoms. The molecule has 1 unspecified atom stereocenters. The highest BCUT2D eigenvalue weighted by Crippen LogP contribution is 2.21. The summed E-state index contributed by atoms with van der Waals surface area (Å²) in [5, 5.41) is 0. The Morgan fingerprint density at radius 3 is 2.68 bits per heavy atom. The number of nitrogens with two attached hydrogens (primary N) is 1. The lowest BCUT2D eigenvalue weighted by Gasteiger charge is -2.32. The fraction of sp³-hybridized carbons (Fsp3) is 0.417. The van der Waals surface area contributed by atoms with Crippen LogP contribution in [0.4, 0.5) is 8.78 Å². The van der Waals surface area contributed by atoms with E-state index in [4.69, 9.17) is 10.5 Å². The van der Waals surface area contributed by atoms with Gasteiger partial charge < -0.3 is 15.4 Å². The molecule has 1 fully saturated rings. The maximum Gasteiger partial charge on any atom is 0.259 e. The quantitative estimate of drug-likeness (QED) is 0.892. The van der Waals surface area contributed by atoms with Crippen LogP contribution < -0.4 is 5.73 Å². The zero-order chi connectivity index (χ0) is 14.0. The van der Waals surface area contributed by atoms with Crippen molar-refractivity contribution in [1.29, 1.82) is 0 Å². The van der Waals surface area contributed by atoms with Gasteiger partial charge in [0.2, 0.25) is 0 Å². The first-order valence-electron chi connectivity index (χ1n) is 5.78. The predicted molar refractivity (Wildman–Crippen MR) is 68.8 cm³/mol. The first-order valence-corrected chi connectivity index (χ1v) is 6.57. The minimum atomic E-state index is -0.882. The average Bonchev–Trinajstić information content (AvgIpc) is 2.37. The summed E-state index contributed by atoms with van der Waals surface area (Å²) in [6.07, 6.45) is -0.292. The third-order valence-corrected chi connectivity index (χ3v) is 3.37. The Bertz CT molecular complexity index is 476. The smallest absolute Gasteiger partial charge is 0.259 e. The molecule has 1 aliphatic heterocycles. The van der Waals surface area contributed by atoms with Gasteiger partial charge in [-0.25, -0.2) is 8.78 Å². The normalized spacial score (nSPS) is 19.6. The Morgan fingerprint density at radius 1 is 1.47 bits per heavy atom. The summed E-state index contributed by atoms with van der Waals surface area (Å²) >= 11 is 2.97. The Labute approximate surface area is 117 Å². The van der Waals surface area contributed by atoms with Crippen molar-refractivity contribution in [2.45, 2.75) is 6.10 Å². The van der Waals surface area contributed by atoms with E-state index in [9.17, 15) is 13.6 Å². The molecule has 0 radical (unpaired) electrons. The number of hydrogen-bond acceptors (Lipinski definition) is 3. The van der Waals surface area contributed by atoms with Crippen molar-refractivity contribution in [2.24, 2.45) is 5.73 Å². The summed E-state index contributed by atoms with van der Waals surface area (Å²) in [5.41, 5.74) is 4.93. The first-order chi connectivity index (χ1) is 9.02. The van der Waals surface area contributed by atoms with Gasteiger partial charge in [-0.05, 0) is 12.1 Å². The van der Waals surface area contributed by atoms with E-state index >= 15 is 0 Å². The van der Waals surface area contributed by atoms with Gasteiger partial charge in [0.1, 0.15) is 17.2 Å². The van der Waals surface area contributed by atoms with Crippen LogP contribution in [-0.4, -0.2) is 43.2 Å². The average molecular weight is 335 g/mol. The molecule has 4 nitrogen and oxygen atoms in total. The van der Waals surface area contributed by atoms with Gasteiger partial charge in [-0.15, -0.1) is 0 Å². The van der Waals surface area contributed by atoms with E-state index in [1.165, 1.54) is 4.90 Å². The summed E-state index contributed by atoms with van der Waals surface area (Å²) in [7, 11) is 0. The molecule has 0 bridgehead atoms. The second kappa shape index (κ2) is 5.94. The van der Waals surface area contributed by atoms with Crippen molar-refractivity contribution in [3.63, 3.8) is 0 Å². The van der Waals surface area contributed by atoms with E-state index in [1.54, 1.807) is 0 Å². The van der Waals surface area contributed by atoms with Crippen LogP contribution in [0, 0.1) is 11.6 Å². The summed E-state index contributed by atoms with van der Waals surface area (Å²) in [4.78, 5) is 13.5. The molecule has 1 amide bonds. The molecule has 2 N–H and O–H groups in total. The summed E-state index contributed by atoms with van der Waals surface area (Å²) in [6, 6.07) is 2.13. The van der Waals surface area contributed by atoms with Gasteiger partial charge in [0.05, 0.1) is 12.7 Å². The molecule has 0 aromatic heterocycles. The number of ether oxygens (including phenoxy) is 1. The predicted octanol–water partition coefficient (Wildman–Crippen LogP) is 1.53. The van der Waals surface area contributed by atoms with Crippen LogP contribution in [0.1, 0.15) is 10.4 Å². The Balaban J connectivity index is 2.24. The molecule has 1 saturated heterocycles. The number of carbonyl (C=O) groups excluding carboxylic acids is 1. The van der Waals surface area contributed by atoms with Gasteiger partial charge in [0.25, 0.3) is 5.91 Å². The standard InChI is InChI=1S/C12H13BrF2N2O2/c13-7-3-9(14)11(10(15)4-7)12(18)17-1-2-19-8(5-16)6-17/h3-4,8H,1-2,5-6,16H2. The second-order valence-electron chi connectivity index (χ2n) is 4.22. The molecule has 1 aliphatic rings. The van der Waals surface area contributed by atoms with Crippen molar-refractivity contribution >= 4 is 21.8 Å². The molecule has 2 rings (SSSR count). The topological polar surface area (TPSA) is 55.6 Å². The van der Waals surface area contributed by atoms with Crippen molar-refractivity contribution in [1.82, 2.24) is 4.90 Å². The van der Waals surface area contributed by atoms with Crippen LogP contribution in [0.2, 0.25) is 0 Å². The van der Waals surface area contributed by atoms with Crippen molar-refractivity contribution in [2.75, 3.05) is 26.2 Å². The largest absolute Gasteiger partial charge is 0.373 e. The van der Waals surface area contributed by atoms with Crippen LogP contribution in [-0.2, 0) is 4.74 Å². The number of hydrogen-bond donors (Lipinski definition) is 1.